The van der Waals surface area contributed by atoms with Gasteiger partial charge in [-0.25, -0.2) is 0 Å². The first kappa shape index (κ1) is 18.5. The molecule has 1 atom stereocenters. The van der Waals surface area contributed by atoms with Crippen molar-refractivity contribution in [1.29, 1.82) is 0 Å². The summed E-state index contributed by atoms with van der Waals surface area (Å²) in [4.78, 5) is 0. The molecule has 0 fully saturated rings. The summed E-state index contributed by atoms with van der Waals surface area (Å²) in [5.74, 6) is 0.941. The van der Waals surface area contributed by atoms with E-state index in [1.807, 2.05) is 12.1 Å². The third kappa shape index (κ3) is 6.37. The zero-order valence-corrected chi connectivity index (χ0v) is 15.4. The van der Waals surface area contributed by atoms with Crippen LogP contribution >= 0.6 is 15.9 Å². The average Bonchev–Trinajstić information content (AvgIpc) is 2.44. The van der Waals surface area contributed by atoms with Gasteiger partial charge in [0.2, 0.25) is 0 Å². The molecule has 120 valence electrons. The van der Waals surface area contributed by atoms with Crippen molar-refractivity contribution in [2.24, 2.45) is 0 Å². The summed E-state index contributed by atoms with van der Waals surface area (Å²) in [5.41, 5.74) is 1.08. The Kier molecular flexibility index (Phi) is 7.71. The van der Waals surface area contributed by atoms with E-state index in [-0.39, 0.29) is 5.60 Å². The standard InChI is InChI=1S/C17H28BrNO2/c1-6-9-19-15(12-17(2,3)21-5)11-13-10-14(18)7-8-16(13)20-4/h7-8,10,15,19H,6,9,11-12H2,1-5H3. The number of rotatable bonds is 9. The van der Waals surface area contributed by atoms with Gasteiger partial charge in [0.05, 0.1) is 12.7 Å². The zero-order valence-electron chi connectivity index (χ0n) is 13.8. The molecule has 1 aromatic carbocycles. The lowest BCUT2D eigenvalue weighted by Gasteiger charge is -2.29. The van der Waals surface area contributed by atoms with Gasteiger partial charge in [0.1, 0.15) is 5.75 Å². The smallest absolute Gasteiger partial charge is 0.122 e. The minimum Gasteiger partial charge on any atom is -0.496 e. The van der Waals surface area contributed by atoms with Gasteiger partial charge in [-0.3, -0.25) is 0 Å². The van der Waals surface area contributed by atoms with Gasteiger partial charge < -0.3 is 14.8 Å². The second-order valence-electron chi connectivity index (χ2n) is 5.98. The minimum absolute atomic E-state index is 0.134. The quantitative estimate of drug-likeness (QED) is 0.718. The van der Waals surface area contributed by atoms with Crippen LogP contribution < -0.4 is 10.1 Å². The molecule has 4 heteroatoms. The molecule has 0 amide bonds. The molecule has 21 heavy (non-hydrogen) atoms. The predicted octanol–water partition coefficient (Wildman–Crippen LogP) is 4.18. The Bertz CT molecular complexity index is 435. The first-order valence-electron chi connectivity index (χ1n) is 7.52. The minimum atomic E-state index is -0.134. The van der Waals surface area contributed by atoms with E-state index in [1.54, 1.807) is 14.2 Å². The van der Waals surface area contributed by atoms with E-state index in [0.717, 1.165) is 36.0 Å². The van der Waals surface area contributed by atoms with Gasteiger partial charge in [0.15, 0.2) is 0 Å². The molecule has 0 aliphatic rings. The van der Waals surface area contributed by atoms with Crippen molar-refractivity contribution in [3.63, 3.8) is 0 Å². The van der Waals surface area contributed by atoms with Crippen molar-refractivity contribution in [1.82, 2.24) is 5.32 Å². The summed E-state index contributed by atoms with van der Waals surface area (Å²) in [5, 5.41) is 3.63. The van der Waals surface area contributed by atoms with Gasteiger partial charge in [0, 0.05) is 17.6 Å². The molecular formula is C17H28BrNO2. The Morgan fingerprint density at radius 2 is 2.00 bits per heavy atom. The number of hydrogen-bond acceptors (Lipinski definition) is 3. The lowest BCUT2D eigenvalue weighted by Crippen LogP contribution is -2.39. The molecule has 1 N–H and O–H groups in total. The van der Waals surface area contributed by atoms with Crippen LogP contribution in [0.4, 0.5) is 0 Å². The van der Waals surface area contributed by atoms with Crippen LogP contribution in [-0.2, 0) is 11.2 Å². The monoisotopic (exact) mass is 357 g/mol. The first-order valence-corrected chi connectivity index (χ1v) is 8.32. The lowest BCUT2D eigenvalue weighted by molar-refractivity contribution is 0.00710. The van der Waals surface area contributed by atoms with Crippen molar-refractivity contribution in [2.45, 2.75) is 51.7 Å². The second-order valence-corrected chi connectivity index (χ2v) is 6.89. The molecule has 1 rings (SSSR count). The molecule has 0 heterocycles. The van der Waals surface area contributed by atoms with E-state index in [9.17, 15) is 0 Å². The molecule has 1 unspecified atom stereocenters. The van der Waals surface area contributed by atoms with E-state index in [0.29, 0.717) is 6.04 Å². The van der Waals surface area contributed by atoms with Crippen LogP contribution in [0.5, 0.6) is 5.75 Å². The lowest BCUT2D eigenvalue weighted by atomic mass is 9.93. The van der Waals surface area contributed by atoms with Crippen molar-refractivity contribution in [3.05, 3.63) is 28.2 Å². The van der Waals surface area contributed by atoms with Crippen LogP contribution in [-0.4, -0.2) is 32.4 Å². The summed E-state index contributed by atoms with van der Waals surface area (Å²) < 4.78 is 12.1. The number of benzene rings is 1. The third-order valence-electron chi connectivity index (χ3n) is 3.68. The van der Waals surface area contributed by atoms with Crippen LogP contribution in [0.2, 0.25) is 0 Å². The molecule has 0 aliphatic heterocycles. The SMILES string of the molecule is CCCNC(Cc1cc(Br)ccc1OC)CC(C)(C)OC. The van der Waals surface area contributed by atoms with Crippen molar-refractivity contribution < 1.29 is 9.47 Å². The van der Waals surface area contributed by atoms with E-state index in [1.165, 1.54) is 5.56 Å². The van der Waals surface area contributed by atoms with Gasteiger partial charge in [-0.1, -0.05) is 22.9 Å². The van der Waals surface area contributed by atoms with Crippen LogP contribution in [0.3, 0.4) is 0 Å². The van der Waals surface area contributed by atoms with Gasteiger partial charge in [-0.2, -0.15) is 0 Å². The maximum absolute atomic E-state index is 5.59. The highest BCUT2D eigenvalue weighted by Gasteiger charge is 2.23. The molecule has 0 saturated carbocycles. The highest BCUT2D eigenvalue weighted by Crippen LogP contribution is 2.26. The molecule has 0 saturated heterocycles. The summed E-state index contributed by atoms with van der Waals surface area (Å²) in [6.07, 6.45) is 3.01. The topological polar surface area (TPSA) is 30.5 Å². The summed E-state index contributed by atoms with van der Waals surface area (Å²) >= 11 is 3.54. The van der Waals surface area contributed by atoms with Crippen molar-refractivity contribution in [3.8, 4) is 5.75 Å². The first-order chi connectivity index (χ1) is 9.91. The van der Waals surface area contributed by atoms with Crippen LogP contribution in [0.1, 0.15) is 39.2 Å². The number of halogens is 1. The highest BCUT2D eigenvalue weighted by atomic mass is 79.9. The van der Waals surface area contributed by atoms with Gasteiger partial charge in [0.25, 0.3) is 0 Å². The summed E-state index contributed by atoms with van der Waals surface area (Å²) in [6, 6.07) is 6.52. The van der Waals surface area contributed by atoms with Gasteiger partial charge in [-0.05, 0) is 63.4 Å². The number of nitrogens with one attached hydrogen (secondary N) is 1. The van der Waals surface area contributed by atoms with Crippen molar-refractivity contribution in [2.75, 3.05) is 20.8 Å². The third-order valence-corrected chi connectivity index (χ3v) is 4.18. The Morgan fingerprint density at radius 1 is 1.29 bits per heavy atom. The molecule has 1 aromatic rings. The molecule has 0 spiro atoms. The second kappa shape index (κ2) is 8.76. The van der Waals surface area contributed by atoms with Crippen molar-refractivity contribution >= 4 is 15.9 Å². The van der Waals surface area contributed by atoms with E-state index < -0.39 is 0 Å². The van der Waals surface area contributed by atoms with Crippen LogP contribution in [0.25, 0.3) is 0 Å². The fraction of sp³-hybridized carbons (Fsp3) is 0.647. The molecule has 0 aliphatic carbocycles. The van der Waals surface area contributed by atoms with Crippen LogP contribution in [0, 0.1) is 0 Å². The maximum atomic E-state index is 5.59. The Morgan fingerprint density at radius 3 is 2.57 bits per heavy atom. The van der Waals surface area contributed by atoms with Crippen LogP contribution in [0.15, 0.2) is 22.7 Å². The fourth-order valence-corrected chi connectivity index (χ4v) is 2.82. The Labute approximate surface area is 137 Å². The maximum Gasteiger partial charge on any atom is 0.122 e. The molecule has 0 radical (unpaired) electrons. The largest absolute Gasteiger partial charge is 0.496 e. The molecule has 0 bridgehead atoms. The number of methoxy groups -OCH3 is 2. The fourth-order valence-electron chi connectivity index (χ4n) is 2.41. The molecular weight excluding hydrogens is 330 g/mol. The highest BCUT2D eigenvalue weighted by molar-refractivity contribution is 9.10. The summed E-state index contributed by atoms with van der Waals surface area (Å²) in [7, 11) is 3.50. The van der Waals surface area contributed by atoms with Gasteiger partial charge in [-0.15, -0.1) is 0 Å². The molecule has 3 nitrogen and oxygen atoms in total. The predicted molar refractivity (Wildman–Crippen MR) is 92.2 cm³/mol. The van der Waals surface area contributed by atoms with E-state index in [4.69, 9.17) is 9.47 Å². The Balaban J connectivity index is 2.87. The number of hydrogen-bond donors (Lipinski definition) is 1. The normalized spacial score (nSPS) is 13.2. The van der Waals surface area contributed by atoms with E-state index >= 15 is 0 Å². The average molecular weight is 358 g/mol. The molecule has 0 aromatic heterocycles. The zero-order chi connectivity index (χ0) is 15.9. The van der Waals surface area contributed by atoms with E-state index in [2.05, 4.69) is 48.1 Å². The Hall–Kier alpha value is -0.580. The number of ether oxygens (including phenoxy) is 2. The summed E-state index contributed by atoms with van der Waals surface area (Å²) in [6.45, 7) is 7.46. The van der Waals surface area contributed by atoms with Gasteiger partial charge >= 0.3 is 0 Å².